The molecule has 0 saturated heterocycles. The first-order valence-electron chi connectivity index (χ1n) is 7.10. The molecule has 1 aliphatic rings. The van der Waals surface area contributed by atoms with E-state index in [0.717, 1.165) is 17.7 Å². The van der Waals surface area contributed by atoms with Crippen LogP contribution in [-0.4, -0.2) is 41.3 Å². The molecule has 22 heavy (non-hydrogen) atoms. The van der Waals surface area contributed by atoms with Crippen LogP contribution < -0.4 is 5.32 Å². The first-order chi connectivity index (χ1) is 10.5. The number of carbonyl (C=O) groups excluding carboxylic acids is 2. The van der Waals surface area contributed by atoms with Crippen LogP contribution in [0.15, 0.2) is 22.8 Å². The van der Waals surface area contributed by atoms with E-state index in [1.54, 1.807) is 25.4 Å². The van der Waals surface area contributed by atoms with Gasteiger partial charge in [0, 0.05) is 18.0 Å². The molecule has 1 saturated carbocycles. The van der Waals surface area contributed by atoms with E-state index in [2.05, 4.69) is 10.3 Å². The lowest BCUT2D eigenvalue weighted by Crippen LogP contribution is -2.39. The maximum Gasteiger partial charge on any atom is 0.273 e. The van der Waals surface area contributed by atoms with Crippen molar-refractivity contribution < 1.29 is 14.0 Å². The van der Waals surface area contributed by atoms with Crippen molar-refractivity contribution in [2.24, 2.45) is 0 Å². The number of rotatable bonds is 5. The molecule has 0 aromatic carbocycles. The molecular weight excluding hydrogens is 302 g/mol. The first-order valence-corrected chi connectivity index (χ1v) is 7.92. The summed E-state index contributed by atoms with van der Waals surface area (Å²) in [6.45, 7) is 1.89. The van der Waals surface area contributed by atoms with Gasteiger partial charge in [-0.25, -0.2) is 4.98 Å². The Morgan fingerprint density at radius 3 is 2.91 bits per heavy atom. The van der Waals surface area contributed by atoms with E-state index in [1.807, 2.05) is 6.92 Å². The Morgan fingerprint density at radius 1 is 1.50 bits per heavy atom. The number of aryl methyl sites for hydroxylation is 1. The van der Waals surface area contributed by atoms with Crippen molar-refractivity contribution in [1.82, 2.24) is 15.2 Å². The standard InChI is InChI=1S/C15H17N3O3S/c1-9-13(17-14(22-9)11-4-3-7-21-11)15(20)18(2)8-12(19)16-10-5-6-10/h3-4,7,10H,5-6,8H2,1-2H3,(H,16,19). The number of aromatic nitrogens is 1. The average molecular weight is 319 g/mol. The van der Waals surface area contributed by atoms with Crippen LogP contribution in [-0.2, 0) is 4.79 Å². The summed E-state index contributed by atoms with van der Waals surface area (Å²) >= 11 is 1.40. The number of thiazole rings is 1. The van der Waals surface area contributed by atoms with Crippen molar-refractivity contribution in [2.75, 3.05) is 13.6 Å². The molecule has 2 aromatic heterocycles. The second-order valence-electron chi connectivity index (χ2n) is 5.40. The van der Waals surface area contributed by atoms with Gasteiger partial charge in [-0.3, -0.25) is 9.59 Å². The number of furan rings is 1. The van der Waals surface area contributed by atoms with Gasteiger partial charge in [0.1, 0.15) is 5.69 Å². The minimum Gasteiger partial charge on any atom is -0.462 e. The highest BCUT2D eigenvalue weighted by atomic mass is 32.1. The highest BCUT2D eigenvalue weighted by Gasteiger charge is 2.26. The highest BCUT2D eigenvalue weighted by molar-refractivity contribution is 7.15. The van der Waals surface area contributed by atoms with Gasteiger partial charge in [0.15, 0.2) is 10.8 Å². The molecule has 1 N–H and O–H groups in total. The minimum absolute atomic E-state index is 0.0440. The fourth-order valence-corrected chi connectivity index (χ4v) is 2.94. The van der Waals surface area contributed by atoms with E-state index in [4.69, 9.17) is 4.42 Å². The number of hydrogen-bond acceptors (Lipinski definition) is 5. The lowest BCUT2D eigenvalue weighted by molar-refractivity contribution is -0.121. The third-order valence-corrected chi connectivity index (χ3v) is 4.39. The van der Waals surface area contributed by atoms with E-state index in [0.29, 0.717) is 22.5 Å². The van der Waals surface area contributed by atoms with Crippen LogP contribution in [0, 0.1) is 6.92 Å². The molecule has 0 bridgehead atoms. The van der Waals surface area contributed by atoms with Gasteiger partial charge in [-0.05, 0) is 31.9 Å². The van der Waals surface area contributed by atoms with Crippen molar-refractivity contribution in [2.45, 2.75) is 25.8 Å². The normalized spacial score (nSPS) is 13.9. The molecule has 0 radical (unpaired) electrons. The van der Waals surface area contributed by atoms with Crippen LogP contribution in [0.3, 0.4) is 0 Å². The van der Waals surface area contributed by atoms with Gasteiger partial charge in [0.05, 0.1) is 12.8 Å². The molecule has 2 heterocycles. The van der Waals surface area contributed by atoms with E-state index in [-0.39, 0.29) is 18.4 Å². The molecule has 7 heteroatoms. The zero-order valence-corrected chi connectivity index (χ0v) is 13.3. The fourth-order valence-electron chi connectivity index (χ4n) is 2.07. The highest BCUT2D eigenvalue weighted by Crippen LogP contribution is 2.28. The Bertz CT molecular complexity index is 689. The summed E-state index contributed by atoms with van der Waals surface area (Å²) in [5.74, 6) is 0.260. The summed E-state index contributed by atoms with van der Waals surface area (Å²) < 4.78 is 5.30. The summed E-state index contributed by atoms with van der Waals surface area (Å²) in [5.41, 5.74) is 0.373. The Kier molecular flexibility index (Phi) is 3.98. The molecule has 1 fully saturated rings. The second-order valence-corrected chi connectivity index (χ2v) is 6.61. The number of amides is 2. The van der Waals surface area contributed by atoms with E-state index in [1.165, 1.54) is 16.2 Å². The first kappa shape index (κ1) is 14.8. The van der Waals surface area contributed by atoms with E-state index >= 15 is 0 Å². The number of carbonyl (C=O) groups is 2. The Labute approximate surface area is 132 Å². The van der Waals surface area contributed by atoms with Crippen molar-refractivity contribution >= 4 is 23.2 Å². The lowest BCUT2D eigenvalue weighted by Gasteiger charge is -2.15. The van der Waals surface area contributed by atoms with Gasteiger partial charge in [0.2, 0.25) is 5.91 Å². The summed E-state index contributed by atoms with van der Waals surface area (Å²) in [6, 6.07) is 3.88. The molecule has 6 nitrogen and oxygen atoms in total. The summed E-state index contributed by atoms with van der Waals surface area (Å²) in [7, 11) is 1.61. The number of likely N-dealkylation sites (N-methyl/N-ethyl adjacent to an activating group) is 1. The van der Waals surface area contributed by atoms with Crippen molar-refractivity contribution in [3.8, 4) is 10.8 Å². The van der Waals surface area contributed by atoms with Gasteiger partial charge in [0.25, 0.3) is 5.91 Å². The van der Waals surface area contributed by atoms with Gasteiger partial charge in [-0.15, -0.1) is 11.3 Å². The molecule has 0 unspecified atom stereocenters. The number of nitrogens with zero attached hydrogens (tertiary/aromatic N) is 2. The zero-order valence-electron chi connectivity index (χ0n) is 12.5. The summed E-state index contributed by atoms with van der Waals surface area (Å²) in [4.78, 5) is 30.8. The third-order valence-electron chi connectivity index (χ3n) is 3.40. The van der Waals surface area contributed by atoms with Crippen molar-refractivity contribution in [3.05, 3.63) is 29.0 Å². The smallest absolute Gasteiger partial charge is 0.273 e. The van der Waals surface area contributed by atoms with Gasteiger partial charge in [-0.1, -0.05) is 0 Å². The Balaban J connectivity index is 1.69. The molecule has 0 spiro atoms. The topological polar surface area (TPSA) is 75.4 Å². The SMILES string of the molecule is Cc1sc(-c2ccco2)nc1C(=O)N(C)CC(=O)NC1CC1. The predicted octanol–water partition coefficient (Wildman–Crippen LogP) is 2.06. The molecule has 0 atom stereocenters. The van der Waals surface area contributed by atoms with Crippen molar-refractivity contribution in [1.29, 1.82) is 0 Å². The molecule has 0 aliphatic heterocycles. The number of nitrogens with one attached hydrogen (secondary N) is 1. The molecule has 2 amide bonds. The van der Waals surface area contributed by atoms with Crippen molar-refractivity contribution in [3.63, 3.8) is 0 Å². The Hall–Kier alpha value is -2.15. The Morgan fingerprint density at radius 2 is 2.27 bits per heavy atom. The molecule has 116 valence electrons. The maximum atomic E-state index is 12.4. The summed E-state index contributed by atoms with van der Waals surface area (Å²) in [5, 5.41) is 3.54. The van der Waals surface area contributed by atoms with E-state index < -0.39 is 0 Å². The van der Waals surface area contributed by atoms with Gasteiger partial charge in [-0.2, -0.15) is 0 Å². The molecule has 1 aliphatic carbocycles. The predicted molar refractivity (Wildman–Crippen MR) is 82.7 cm³/mol. The zero-order chi connectivity index (χ0) is 15.7. The maximum absolute atomic E-state index is 12.4. The van der Waals surface area contributed by atoms with Gasteiger partial charge >= 0.3 is 0 Å². The monoisotopic (exact) mass is 319 g/mol. The largest absolute Gasteiger partial charge is 0.462 e. The molecule has 2 aromatic rings. The average Bonchev–Trinajstić information content (AvgIpc) is 2.99. The summed E-state index contributed by atoms with van der Waals surface area (Å²) in [6.07, 6.45) is 3.63. The third kappa shape index (κ3) is 3.19. The van der Waals surface area contributed by atoms with Crippen LogP contribution in [0.25, 0.3) is 10.8 Å². The van der Waals surface area contributed by atoms with Crippen LogP contribution in [0.1, 0.15) is 28.2 Å². The second kappa shape index (κ2) is 5.92. The molecular formula is C15H17N3O3S. The molecule has 3 rings (SSSR count). The minimum atomic E-state index is -0.252. The van der Waals surface area contributed by atoms with Crippen LogP contribution >= 0.6 is 11.3 Å². The fraction of sp³-hybridized carbons (Fsp3) is 0.400. The lowest BCUT2D eigenvalue weighted by atomic mass is 10.3. The number of hydrogen-bond donors (Lipinski definition) is 1. The van der Waals surface area contributed by atoms with Crippen LogP contribution in [0.5, 0.6) is 0 Å². The van der Waals surface area contributed by atoms with E-state index in [9.17, 15) is 9.59 Å². The van der Waals surface area contributed by atoms with Crippen LogP contribution in [0.2, 0.25) is 0 Å². The van der Waals surface area contributed by atoms with Gasteiger partial charge < -0.3 is 14.6 Å². The quantitative estimate of drug-likeness (QED) is 0.915. The van der Waals surface area contributed by atoms with Crippen LogP contribution in [0.4, 0.5) is 0 Å².